The summed E-state index contributed by atoms with van der Waals surface area (Å²) in [6.45, 7) is 5.50. The van der Waals surface area contributed by atoms with E-state index in [0.29, 0.717) is 0 Å². The lowest BCUT2D eigenvalue weighted by Crippen LogP contribution is -2.15. The minimum atomic E-state index is -0.299. The highest BCUT2D eigenvalue weighted by Crippen LogP contribution is 2.34. The van der Waals surface area contributed by atoms with E-state index in [4.69, 9.17) is 4.74 Å². The molecule has 0 radical (unpaired) electrons. The Bertz CT molecular complexity index is 245. The molecule has 0 aliphatic heterocycles. The van der Waals surface area contributed by atoms with Crippen LogP contribution in [0.3, 0.4) is 0 Å². The minimum absolute atomic E-state index is 0.0815. The molecule has 0 aromatic heterocycles. The second-order valence-corrected chi connectivity index (χ2v) is 3.78. The van der Waals surface area contributed by atoms with Gasteiger partial charge in [0.05, 0.1) is 0 Å². The zero-order chi connectivity index (χ0) is 10.6. The number of ether oxygens (including phenoxy) is 1. The molecule has 1 aliphatic rings. The smallest absolute Gasteiger partial charge is 0.302 e. The van der Waals surface area contributed by atoms with Gasteiger partial charge < -0.3 is 9.53 Å². The molecule has 1 rings (SSSR count). The summed E-state index contributed by atoms with van der Waals surface area (Å²) in [6.07, 6.45) is 3.99. The summed E-state index contributed by atoms with van der Waals surface area (Å²) in [5.41, 5.74) is 0.870. The summed E-state index contributed by atoms with van der Waals surface area (Å²) < 4.78 is 4.85. The van der Waals surface area contributed by atoms with E-state index >= 15 is 0 Å². The Morgan fingerprint density at radius 3 is 2.86 bits per heavy atom. The zero-order valence-electron chi connectivity index (χ0n) is 8.49. The lowest BCUT2D eigenvalue weighted by Gasteiger charge is -2.16. The molecule has 14 heavy (non-hydrogen) atoms. The first kappa shape index (κ1) is 11.0. The summed E-state index contributed by atoms with van der Waals surface area (Å²) in [4.78, 5) is 21.3. The van der Waals surface area contributed by atoms with Crippen molar-refractivity contribution in [2.75, 3.05) is 6.61 Å². The first-order valence-corrected chi connectivity index (χ1v) is 4.91. The van der Waals surface area contributed by atoms with Crippen molar-refractivity contribution in [3.8, 4) is 0 Å². The zero-order valence-corrected chi connectivity index (χ0v) is 8.49. The molecular formula is C11H16O3. The fourth-order valence-corrected chi connectivity index (χ4v) is 1.96. The van der Waals surface area contributed by atoms with Crippen molar-refractivity contribution in [2.45, 2.75) is 26.2 Å². The van der Waals surface area contributed by atoms with Gasteiger partial charge in [0.15, 0.2) is 0 Å². The molecule has 0 aromatic carbocycles. The molecule has 0 unspecified atom stereocenters. The van der Waals surface area contributed by atoms with Crippen molar-refractivity contribution in [1.29, 1.82) is 0 Å². The maximum Gasteiger partial charge on any atom is 0.302 e. The molecule has 1 fully saturated rings. The van der Waals surface area contributed by atoms with Crippen molar-refractivity contribution < 1.29 is 14.3 Å². The molecule has 78 valence electrons. The third-order valence-electron chi connectivity index (χ3n) is 2.73. The summed E-state index contributed by atoms with van der Waals surface area (Å²) >= 11 is 0. The number of hydrogen-bond donors (Lipinski definition) is 0. The molecule has 0 aromatic rings. The van der Waals surface area contributed by atoms with Crippen LogP contribution in [0.4, 0.5) is 0 Å². The second kappa shape index (κ2) is 4.94. The van der Waals surface area contributed by atoms with Crippen molar-refractivity contribution in [2.24, 2.45) is 11.8 Å². The van der Waals surface area contributed by atoms with Gasteiger partial charge in [-0.25, -0.2) is 0 Å². The highest BCUT2D eigenvalue weighted by Gasteiger charge is 2.28. The Balaban J connectivity index is 2.43. The van der Waals surface area contributed by atoms with Gasteiger partial charge in [-0.15, -0.1) is 0 Å². The molecule has 1 aliphatic carbocycles. The number of esters is 1. The van der Waals surface area contributed by atoms with Crippen LogP contribution in [0, 0.1) is 11.8 Å². The number of carbonyl (C=O) groups is 2. The number of aldehydes is 1. The second-order valence-electron chi connectivity index (χ2n) is 3.78. The molecule has 0 saturated heterocycles. The average Bonchev–Trinajstić information content (AvgIpc) is 2.61. The highest BCUT2D eigenvalue weighted by atomic mass is 16.5. The van der Waals surface area contributed by atoms with E-state index in [1.54, 1.807) is 0 Å². The molecule has 2 atom stereocenters. The van der Waals surface area contributed by atoms with Gasteiger partial charge in [-0.3, -0.25) is 4.79 Å². The van der Waals surface area contributed by atoms with Gasteiger partial charge in [-0.05, 0) is 24.3 Å². The normalized spacial score (nSPS) is 25.8. The van der Waals surface area contributed by atoms with Crippen LogP contribution in [0.15, 0.2) is 12.2 Å². The van der Waals surface area contributed by atoms with Gasteiger partial charge in [-0.2, -0.15) is 0 Å². The van der Waals surface area contributed by atoms with Gasteiger partial charge >= 0.3 is 5.97 Å². The van der Waals surface area contributed by atoms with Crippen LogP contribution in [-0.4, -0.2) is 18.9 Å². The van der Waals surface area contributed by atoms with Gasteiger partial charge in [0.1, 0.15) is 12.9 Å². The molecule has 0 amide bonds. The molecule has 3 nitrogen and oxygen atoms in total. The topological polar surface area (TPSA) is 43.4 Å². The van der Waals surface area contributed by atoms with E-state index in [9.17, 15) is 9.59 Å². The molecule has 0 heterocycles. The standard InChI is InChI=1S/C11H16O3/c1-8(7-14-9(2)13)11-5-3-4-10(11)6-12/h6,10-11H,1,3-5,7H2,2H3/t10-,11-/m0/s1. The predicted molar refractivity (Wildman–Crippen MR) is 52.7 cm³/mol. The van der Waals surface area contributed by atoms with Crippen LogP contribution in [0.1, 0.15) is 26.2 Å². The van der Waals surface area contributed by atoms with E-state index < -0.39 is 0 Å². The average molecular weight is 196 g/mol. The van der Waals surface area contributed by atoms with E-state index in [2.05, 4.69) is 6.58 Å². The van der Waals surface area contributed by atoms with Crippen LogP contribution < -0.4 is 0 Å². The van der Waals surface area contributed by atoms with E-state index in [1.807, 2.05) is 0 Å². The molecule has 0 spiro atoms. The third-order valence-corrected chi connectivity index (χ3v) is 2.73. The Kier molecular flexibility index (Phi) is 3.86. The SMILES string of the molecule is C=C(COC(C)=O)[C@@H]1CCC[C@H]1C=O. The Morgan fingerprint density at radius 1 is 1.57 bits per heavy atom. The summed E-state index contributed by atoms with van der Waals surface area (Å²) in [5.74, 6) is -0.00305. The monoisotopic (exact) mass is 196 g/mol. The first-order chi connectivity index (χ1) is 6.65. The number of carbonyl (C=O) groups excluding carboxylic acids is 2. The fourth-order valence-electron chi connectivity index (χ4n) is 1.96. The Labute approximate surface area is 84.1 Å². The Hall–Kier alpha value is -1.12. The van der Waals surface area contributed by atoms with Crippen molar-refractivity contribution in [1.82, 2.24) is 0 Å². The predicted octanol–water partition coefficient (Wildman–Crippen LogP) is 1.72. The van der Waals surface area contributed by atoms with Crippen molar-refractivity contribution in [3.63, 3.8) is 0 Å². The van der Waals surface area contributed by atoms with Crippen LogP contribution in [-0.2, 0) is 14.3 Å². The molecule has 0 N–H and O–H groups in total. The highest BCUT2D eigenvalue weighted by molar-refractivity contribution is 5.66. The van der Waals surface area contributed by atoms with Crippen molar-refractivity contribution >= 4 is 12.3 Å². The minimum Gasteiger partial charge on any atom is -0.461 e. The Morgan fingerprint density at radius 2 is 2.29 bits per heavy atom. The van der Waals surface area contributed by atoms with Crippen LogP contribution in [0.5, 0.6) is 0 Å². The molecule has 3 heteroatoms. The van der Waals surface area contributed by atoms with Crippen LogP contribution in [0.25, 0.3) is 0 Å². The summed E-state index contributed by atoms with van der Waals surface area (Å²) in [5, 5.41) is 0. The third kappa shape index (κ3) is 2.69. The summed E-state index contributed by atoms with van der Waals surface area (Å²) in [6, 6.07) is 0. The first-order valence-electron chi connectivity index (χ1n) is 4.91. The van der Waals surface area contributed by atoms with Crippen LogP contribution >= 0.6 is 0 Å². The van der Waals surface area contributed by atoms with E-state index in [-0.39, 0.29) is 24.4 Å². The van der Waals surface area contributed by atoms with Gasteiger partial charge in [0, 0.05) is 12.8 Å². The number of hydrogen-bond acceptors (Lipinski definition) is 3. The lowest BCUT2D eigenvalue weighted by molar-refractivity contribution is -0.140. The van der Waals surface area contributed by atoms with Gasteiger partial charge in [-0.1, -0.05) is 13.0 Å². The fraction of sp³-hybridized carbons (Fsp3) is 0.636. The summed E-state index contributed by atoms with van der Waals surface area (Å²) in [7, 11) is 0. The molecule has 1 saturated carbocycles. The van der Waals surface area contributed by atoms with Crippen LogP contribution in [0.2, 0.25) is 0 Å². The van der Waals surface area contributed by atoms with Crippen molar-refractivity contribution in [3.05, 3.63) is 12.2 Å². The lowest BCUT2D eigenvalue weighted by atomic mass is 9.91. The van der Waals surface area contributed by atoms with E-state index in [0.717, 1.165) is 31.1 Å². The number of rotatable bonds is 4. The molecule has 0 bridgehead atoms. The van der Waals surface area contributed by atoms with Gasteiger partial charge in [0.25, 0.3) is 0 Å². The van der Waals surface area contributed by atoms with Gasteiger partial charge in [0.2, 0.25) is 0 Å². The largest absolute Gasteiger partial charge is 0.461 e. The maximum atomic E-state index is 10.7. The molecular weight excluding hydrogens is 180 g/mol. The van der Waals surface area contributed by atoms with E-state index in [1.165, 1.54) is 6.92 Å². The maximum absolute atomic E-state index is 10.7. The quantitative estimate of drug-likeness (QED) is 0.390.